The zero-order valence-electron chi connectivity index (χ0n) is 17.5. The quantitative estimate of drug-likeness (QED) is 0.738. The highest BCUT2D eigenvalue weighted by Crippen LogP contribution is 2.33. The third-order valence-corrected chi connectivity index (χ3v) is 5.95. The number of hydrogen-bond donors (Lipinski definition) is 0. The molecule has 2 aromatic rings. The second-order valence-electron chi connectivity index (χ2n) is 8.32. The fourth-order valence-corrected chi connectivity index (χ4v) is 4.19. The summed E-state index contributed by atoms with van der Waals surface area (Å²) >= 11 is 0. The molecule has 0 radical (unpaired) electrons. The molecule has 0 aliphatic carbocycles. The van der Waals surface area contributed by atoms with Crippen molar-refractivity contribution in [3.05, 3.63) is 40.6 Å². The Balaban J connectivity index is 1.20. The van der Waals surface area contributed by atoms with Crippen LogP contribution in [0.2, 0.25) is 0 Å². The highest BCUT2D eigenvalue weighted by Gasteiger charge is 2.36. The average Bonchev–Trinajstić information content (AvgIpc) is 3.06. The van der Waals surface area contributed by atoms with Gasteiger partial charge in [0.25, 0.3) is 6.43 Å². The molecule has 2 aromatic heterocycles. The molecule has 3 aliphatic rings. The van der Waals surface area contributed by atoms with Crippen LogP contribution in [-0.4, -0.2) is 58.2 Å². The summed E-state index contributed by atoms with van der Waals surface area (Å²) in [5, 5.41) is 0. The van der Waals surface area contributed by atoms with Crippen LogP contribution in [0, 0.1) is 13.8 Å². The summed E-state index contributed by atoms with van der Waals surface area (Å²) in [4.78, 5) is 31.5. The van der Waals surface area contributed by atoms with Crippen LogP contribution in [0.1, 0.15) is 41.3 Å². The van der Waals surface area contributed by atoms with Gasteiger partial charge in [0.15, 0.2) is 0 Å². The van der Waals surface area contributed by atoms with Crippen molar-refractivity contribution in [2.24, 2.45) is 0 Å². The first kappa shape index (κ1) is 19.9. The number of fused-ring (bicyclic) bond motifs is 1. The Hall–Kier alpha value is -3.04. The van der Waals surface area contributed by atoms with E-state index >= 15 is 0 Å². The van der Waals surface area contributed by atoms with Crippen LogP contribution in [0.4, 0.5) is 25.1 Å². The van der Waals surface area contributed by atoms with E-state index in [-0.39, 0.29) is 17.9 Å². The number of rotatable bonds is 4. The van der Waals surface area contributed by atoms with E-state index in [1.54, 1.807) is 17.9 Å². The summed E-state index contributed by atoms with van der Waals surface area (Å²) in [6, 6.07) is 3.16. The number of hydrogen-bond acceptors (Lipinski definition) is 7. The van der Waals surface area contributed by atoms with Crippen LogP contribution in [0.25, 0.3) is 0 Å². The second kappa shape index (κ2) is 7.58. The highest BCUT2D eigenvalue weighted by molar-refractivity contribution is 5.70. The molecule has 8 nitrogen and oxygen atoms in total. The first-order valence-electron chi connectivity index (χ1n) is 10.5. The van der Waals surface area contributed by atoms with Crippen LogP contribution in [0.3, 0.4) is 0 Å². The van der Waals surface area contributed by atoms with Crippen molar-refractivity contribution < 1.29 is 18.3 Å². The fraction of sp³-hybridized carbons (Fsp3) is 0.524. The van der Waals surface area contributed by atoms with Gasteiger partial charge in [0, 0.05) is 30.0 Å². The van der Waals surface area contributed by atoms with Gasteiger partial charge in [0.2, 0.25) is 0 Å². The molecule has 10 heteroatoms. The molecule has 0 atom stereocenters. The van der Waals surface area contributed by atoms with Crippen molar-refractivity contribution in [3.8, 4) is 0 Å². The summed E-state index contributed by atoms with van der Waals surface area (Å²) in [5.74, 6) is 1.64. The Kier molecular flexibility index (Phi) is 4.86. The van der Waals surface area contributed by atoms with Gasteiger partial charge in [-0.3, -0.25) is 9.88 Å². The monoisotopic (exact) mass is 430 g/mol. The Morgan fingerprint density at radius 3 is 2.55 bits per heavy atom. The molecule has 5 rings (SSSR count). The number of aryl methyl sites for hydroxylation is 2. The van der Waals surface area contributed by atoms with Gasteiger partial charge in [-0.2, -0.15) is 0 Å². The number of nitrogens with zero attached hydrogens (tertiary/aromatic N) is 6. The Morgan fingerprint density at radius 1 is 1.10 bits per heavy atom. The fourth-order valence-electron chi connectivity index (χ4n) is 4.19. The summed E-state index contributed by atoms with van der Waals surface area (Å²) in [7, 11) is 0. The van der Waals surface area contributed by atoms with Gasteiger partial charge in [-0.15, -0.1) is 0 Å². The molecular weight excluding hydrogens is 406 g/mol. The Bertz CT molecular complexity index is 1020. The Morgan fingerprint density at radius 2 is 1.87 bits per heavy atom. The highest BCUT2D eigenvalue weighted by atomic mass is 19.3. The molecule has 0 bridgehead atoms. The zero-order valence-corrected chi connectivity index (χ0v) is 17.5. The van der Waals surface area contributed by atoms with Crippen LogP contribution in [0.15, 0.2) is 12.1 Å². The molecule has 2 saturated heterocycles. The molecule has 0 N–H and O–H groups in total. The van der Waals surface area contributed by atoms with E-state index in [0.717, 1.165) is 36.6 Å². The lowest BCUT2D eigenvalue weighted by Gasteiger charge is -2.40. The predicted molar refractivity (Wildman–Crippen MR) is 109 cm³/mol. The van der Waals surface area contributed by atoms with E-state index in [1.165, 1.54) is 6.07 Å². The van der Waals surface area contributed by atoms with Crippen molar-refractivity contribution in [1.29, 1.82) is 0 Å². The molecule has 0 saturated carbocycles. The number of aromatic nitrogens is 3. The topological polar surface area (TPSA) is 74.7 Å². The number of carbonyl (C=O) groups is 1. The van der Waals surface area contributed by atoms with Crippen molar-refractivity contribution in [3.63, 3.8) is 0 Å². The lowest BCUT2D eigenvalue weighted by atomic mass is 10.1. The molecule has 0 unspecified atom stereocenters. The predicted octanol–water partition coefficient (Wildman–Crippen LogP) is 2.98. The van der Waals surface area contributed by atoms with E-state index in [1.807, 2.05) is 11.8 Å². The van der Waals surface area contributed by atoms with Gasteiger partial charge in [0.05, 0.1) is 31.9 Å². The number of carbonyl (C=O) groups excluding carboxylic acids is 1. The van der Waals surface area contributed by atoms with E-state index < -0.39 is 6.43 Å². The van der Waals surface area contributed by atoms with Crippen LogP contribution >= 0.6 is 0 Å². The molecule has 0 spiro atoms. The first-order valence-corrected chi connectivity index (χ1v) is 10.5. The van der Waals surface area contributed by atoms with Gasteiger partial charge in [-0.25, -0.2) is 23.5 Å². The minimum atomic E-state index is -2.61. The van der Waals surface area contributed by atoms with Crippen LogP contribution < -0.4 is 9.80 Å². The smallest absolute Gasteiger partial charge is 0.410 e. The van der Waals surface area contributed by atoms with Crippen molar-refractivity contribution in [2.45, 2.75) is 45.9 Å². The largest absolute Gasteiger partial charge is 0.442 e. The lowest BCUT2D eigenvalue weighted by molar-refractivity contribution is 0.0490. The summed E-state index contributed by atoms with van der Waals surface area (Å²) in [5.41, 5.74) is 2.86. The van der Waals surface area contributed by atoms with Gasteiger partial charge in [-0.05, 0) is 32.4 Å². The van der Waals surface area contributed by atoms with Crippen molar-refractivity contribution in [1.82, 2.24) is 19.9 Å². The maximum absolute atomic E-state index is 13.0. The molecule has 5 heterocycles. The van der Waals surface area contributed by atoms with Gasteiger partial charge in [0.1, 0.15) is 23.4 Å². The normalized spacial score (nSPS) is 18.2. The zero-order chi connectivity index (χ0) is 21.7. The van der Waals surface area contributed by atoms with E-state index in [0.29, 0.717) is 43.4 Å². The summed E-state index contributed by atoms with van der Waals surface area (Å²) in [6.07, 6.45) is -2.12. The van der Waals surface area contributed by atoms with E-state index in [2.05, 4.69) is 19.9 Å². The van der Waals surface area contributed by atoms with Crippen LogP contribution in [-0.2, 0) is 17.8 Å². The number of amides is 1. The molecule has 0 aromatic carbocycles. The van der Waals surface area contributed by atoms with Crippen molar-refractivity contribution in [2.75, 3.05) is 36.0 Å². The summed E-state index contributed by atoms with van der Waals surface area (Å²) < 4.78 is 31.7. The Labute approximate surface area is 178 Å². The van der Waals surface area contributed by atoms with Crippen LogP contribution in [0.5, 0.6) is 0 Å². The maximum atomic E-state index is 13.0. The van der Waals surface area contributed by atoms with Gasteiger partial charge >= 0.3 is 6.09 Å². The SMILES string of the molecule is Cc1cc(N2CC(OC(=O)N3Cc4nc(C)nc(N5CCC5)c4C3)C2)cc(C(F)F)n1. The number of alkyl halides is 2. The van der Waals surface area contributed by atoms with E-state index in [9.17, 15) is 13.6 Å². The molecule has 3 aliphatic heterocycles. The maximum Gasteiger partial charge on any atom is 0.410 e. The number of anilines is 2. The third-order valence-electron chi connectivity index (χ3n) is 5.95. The lowest BCUT2D eigenvalue weighted by Crippen LogP contribution is -2.54. The van der Waals surface area contributed by atoms with Gasteiger partial charge in [-0.1, -0.05) is 0 Å². The molecule has 31 heavy (non-hydrogen) atoms. The summed E-state index contributed by atoms with van der Waals surface area (Å²) in [6.45, 7) is 7.31. The number of halogens is 2. The first-order chi connectivity index (χ1) is 14.9. The average molecular weight is 430 g/mol. The molecule has 164 valence electrons. The molecular formula is C21H24F2N6O2. The minimum Gasteiger partial charge on any atom is -0.442 e. The van der Waals surface area contributed by atoms with Gasteiger partial charge < -0.3 is 14.5 Å². The standard InChI is InChI=1S/C21H24F2N6O2/c1-12-6-14(7-17(24-12)19(22)23)28-8-15(9-28)31-21(30)29-10-16-18(11-29)25-13(2)26-20(16)27-4-3-5-27/h6-7,15,19H,3-5,8-11H2,1-2H3. The third kappa shape index (κ3) is 3.75. The molecule has 2 fully saturated rings. The van der Waals surface area contributed by atoms with E-state index in [4.69, 9.17) is 4.74 Å². The number of pyridine rings is 1. The second-order valence-corrected chi connectivity index (χ2v) is 8.32. The number of ether oxygens (including phenoxy) is 1. The van der Waals surface area contributed by atoms with Crippen molar-refractivity contribution >= 4 is 17.6 Å². The minimum absolute atomic E-state index is 0.236. The molecule has 1 amide bonds.